The van der Waals surface area contributed by atoms with E-state index in [1.807, 2.05) is 42.5 Å². The van der Waals surface area contributed by atoms with Gasteiger partial charge in [0.1, 0.15) is 0 Å². The van der Waals surface area contributed by atoms with Gasteiger partial charge in [-0.05, 0) is 76.2 Å². The van der Waals surface area contributed by atoms with Crippen molar-refractivity contribution in [3.63, 3.8) is 0 Å². The minimum atomic E-state index is -0.533. The quantitative estimate of drug-likeness (QED) is 0.237. The van der Waals surface area contributed by atoms with Crippen molar-refractivity contribution in [2.45, 2.75) is 6.92 Å². The second-order valence-electron chi connectivity index (χ2n) is 7.03. The molecule has 0 aliphatic carbocycles. The molecule has 4 rings (SSSR count). The fourth-order valence-electron chi connectivity index (χ4n) is 3.31. The van der Waals surface area contributed by atoms with E-state index in [4.69, 9.17) is 18.9 Å². The summed E-state index contributed by atoms with van der Waals surface area (Å²) in [4.78, 5) is 28.5. The molecule has 8 heteroatoms. The number of rotatable bonds is 7. The Labute approximate surface area is 204 Å². The van der Waals surface area contributed by atoms with E-state index < -0.39 is 11.9 Å². The molecule has 3 aromatic carbocycles. The van der Waals surface area contributed by atoms with E-state index in [9.17, 15) is 9.59 Å². The Morgan fingerprint density at radius 2 is 1.91 bits per heavy atom. The lowest BCUT2D eigenvalue weighted by Gasteiger charge is -2.13. The molecule has 0 unspecified atom stereocenters. The second kappa shape index (κ2) is 10.0. The zero-order chi connectivity index (χ0) is 23.4. The minimum Gasteiger partial charge on any atom is -0.493 e. The molecule has 3 aromatic rings. The Kier molecular flexibility index (Phi) is 6.93. The molecule has 0 N–H and O–H groups in total. The summed E-state index contributed by atoms with van der Waals surface area (Å²) in [5, 5.41) is 2.12. The Morgan fingerprint density at radius 1 is 1.12 bits per heavy atom. The molecule has 0 atom stereocenters. The van der Waals surface area contributed by atoms with Gasteiger partial charge in [0.05, 0.1) is 17.3 Å². The Morgan fingerprint density at radius 3 is 2.67 bits per heavy atom. The van der Waals surface area contributed by atoms with Gasteiger partial charge < -0.3 is 18.9 Å². The topological polar surface area (TPSA) is 83.4 Å². The third-order valence-electron chi connectivity index (χ3n) is 4.81. The maximum atomic E-state index is 12.5. The van der Waals surface area contributed by atoms with E-state index in [0.717, 1.165) is 16.3 Å². The van der Waals surface area contributed by atoms with Crippen LogP contribution in [0.25, 0.3) is 16.8 Å². The van der Waals surface area contributed by atoms with Crippen LogP contribution in [0.3, 0.4) is 0 Å². The van der Waals surface area contributed by atoms with Gasteiger partial charge in [-0.2, -0.15) is 0 Å². The fourth-order valence-corrected chi connectivity index (χ4v) is 4.09. The predicted molar refractivity (Wildman–Crippen MR) is 132 cm³/mol. The number of methoxy groups -OCH3 is 1. The number of carbonyl (C=O) groups excluding carboxylic acids is 2. The molecule has 0 radical (unpaired) electrons. The lowest BCUT2D eigenvalue weighted by atomic mass is 10.1. The van der Waals surface area contributed by atoms with Crippen LogP contribution in [0.2, 0.25) is 0 Å². The SMILES string of the molecule is CCOC(=O)COc1c(I)cc(/C=C2\N=C(c3ccc4ccccc4c3)OC2=O)cc1OC. The highest BCUT2D eigenvalue weighted by molar-refractivity contribution is 14.1. The van der Waals surface area contributed by atoms with E-state index >= 15 is 0 Å². The largest absolute Gasteiger partial charge is 0.493 e. The summed E-state index contributed by atoms with van der Waals surface area (Å²) in [6.45, 7) is 1.78. The molecule has 0 amide bonds. The van der Waals surface area contributed by atoms with Crippen LogP contribution in [0.4, 0.5) is 0 Å². The maximum absolute atomic E-state index is 12.5. The minimum absolute atomic E-state index is 0.177. The summed E-state index contributed by atoms with van der Waals surface area (Å²) < 4.78 is 22.0. The lowest BCUT2D eigenvalue weighted by Crippen LogP contribution is -2.15. The van der Waals surface area contributed by atoms with Gasteiger partial charge in [-0.15, -0.1) is 0 Å². The first-order chi connectivity index (χ1) is 16.0. The number of nitrogens with zero attached hydrogens (tertiary/aromatic N) is 1. The van der Waals surface area contributed by atoms with Crippen LogP contribution < -0.4 is 9.47 Å². The summed E-state index contributed by atoms with van der Waals surface area (Å²) in [6.07, 6.45) is 1.62. The molecule has 1 heterocycles. The van der Waals surface area contributed by atoms with E-state index in [-0.39, 0.29) is 24.8 Å². The molecular formula is C25H20INO6. The summed E-state index contributed by atoms with van der Waals surface area (Å²) in [5.41, 5.74) is 1.58. The van der Waals surface area contributed by atoms with Gasteiger partial charge in [-0.25, -0.2) is 14.6 Å². The molecule has 0 bridgehead atoms. The average Bonchev–Trinajstić information content (AvgIpc) is 3.18. The first kappa shape index (κ1) is 22.8. The first-order valence-electron chi connectivity index (χ1n) is 10.2. The van der Waals surface area contributed by atoms with Crippen molar-refractivity contribution in [1.82, 2.24) is 0 Å². The average molecular weight is 557 g/mol. The Bertz CT molecular complexity index is 1300. The fraction of sp³-hybridized carbons (Fsp3) is 0.160. The summed E-state index contributed by atoms with van der Waals surface area (Å²) >= 11 is 2.08. The molecule has 0 saturated heterocycles. The van der Waals surface area contributed by atoms with Crippen molar-refractivity contribution in [2.75, 3.05) is 20.3 Å². The summed E-state index contributed by atoms with van der Waals surface area (Å²) in [7, 11) is 1.50. The number of cyclic esters (lactones) is 1. The van der Waals surface area contributed by atoms with Crippen LogP contribution in [0, 0.1) is 3.57 Å². The molecule has 0 fully saturated rings. The maximum Gasteiger partial charge on any atom is 0.363 e. The van der Waals surface area contributed by atoms with Gasteiger partial charge >= 0.3 is 11.9 Å². The Balaban J connectivity index is 1.60. The summed E-state index contributed by atoms with van der Waals surface area (Å²) in [5.74, 6) is 0.0967. The van der Waals surface area contributed by atoms with Crippen molar-refractivity contribution in [2.24, 2.45) is 4.99 Å². The van der Waals surface area contributed by atoms with Crippen LogP contribution in [-0.2, 0) is 19.1 Å². The van der Waals surface area contributed by atoms with Gasteiger partial charge in [-0.3, -0.25) is 0 Å². The number of hydrogen-bond acceptors (Lipinski definition) is 7. The number of hydrogen-bond donors (Lipinski definition) is 0. The molecule has 168 valence electrons. The molecular weight excluding hydrogens is 537 g/mol. The van der Waals surface area contributed by atoms with E-state index in [0.29, 0.717) is 20.6 Å². The number of benzene rings is 3. The smallest absolute Gasteiger partial charge is 0.363 e. The van der Waals surface area contributed by atoms with Gasteiger partial charge in [0.25, 0.3) is 0 Å². The van der Waals surface area contributed by atoms with E-state index in [1.165, 1.54) is 7.11 Å². The van der Waals surface area contributed by atoms with Crippen molar-refractivity contribution < 1.29 is 28.5 Å². The van der Waals surface area contributed by atoms with Crippen molar-refractivity contribution >= 4 is 57.3 Å². The number of halogens is 1. The number of ether oxygens (including phenoxy) is 4. The zero-order valence-electron chi connectivity index (χ0n) is 18.0. The first-order valence-corrected chi connectivity index (χ1v) is 11.2. The van der Waals surface area contributed by atoms with Gasteiger partial charge in [0.15, 0.2) is 23.8 Å². The molecule has 0 spiro atoms. The standard InChI is InChI=1S/C25H20INO6/c1-3-31-22(28)14-32-23-19(26)10-15(12-21(23)30-2)11-20-25(29)33-24(27-20)18-9-8-16-6-4-5-7-17(16)13-18/h4-13H,3,14H2,1-2H3/b20-11-. The normalized spacial score (nSPS) is 14.2. The highest BCUT2D eigenvalue weighted by Crippen LogP contribution is 2.35. The number of fused-ring (bicyclic) bond motifs is 1. The van der Waals surface area contributed by atoms with Crippen molar-refractivity contribution in [3.8, 4) is 11.5 Å². The molecule has 1 aliphatic rings. The Hall–Kier alpha value is -3.40. The molecule has 0 aromatic heterocycles. The summed E-state index contributed by atoms with van der Waals surface area (Å²) in [6, 6.07) is 17.2. The van der Waals surface area contributed by atoms with E-state index in [1.54, 1.807) is 25.1 Å². The van der Waals surface area contributed by atoms with Crippen LogP contribution in [0.1, 0.15) is 18.1 Å². The van der Waals surface area contributed by atoms with Crippen LogP contribution >= 0.6 is 22.6 Å². The van der Waals surface area contributed by atoms with E-state index in [2.05, 4.69) is 27.6 Å². The van der Waals surface area contributed by atoms with Crippen LogP contribution in [0.5, 0.6) is 11.5 Å². The van der Waals surface area contributed by atoms with Crippen molar-refractivity contribution in [3.05, 3.63) is 75.0 Å². The molecule has 1 aliphatic heterocycles. The van der Waals surface area contributed by atoms with Gasteiger partial charge in [0.2, 0.25) is 5.90 Å². The molecule has 7 nitrogen and oxygen atoms in total. The highest BCUT2D eigenvalue weighted by Gasteiger charge is 2.25. The molecule has 33 heavy (non-hydrogen) atoms. The molecule has 0 saturated carbocycles. The number of carbonyl (C=O) groups is 2. The lowest BCUT2D eigenvalue weighted by molar-refractivity contribution is -0.145. The monoisotopic (exact) mass is 557 g/mol. The number of esters is 2. The van der Waals surface area contributed by atoms with Crippen molar-refractivity contribution in [1.29, 1.82) is 0 Å². The van der Waals surface area contributed by atoms with Crippen LogP contribution in [-0.4, -0.2) is 38.2 Å². The zero-order valence-corrected chi connectivity index (χ0v) is 20.1. The van der Waals surface area contributed by atoms with Gasteiger partial charge in [0, 0.05) is 5.56 Å². The third-order valence-corrected chi connectivity index (χ3v) is 5.61. The highest BCUT2D eigenvalue weighted by atomic mass is 127. The second-order valence-corrected chi connectivity index (χ2v) is 8.19. The third kappa shape index (κ3) is 5.16. The number of aliphatic imine (C=N–C) groups is 1. The van der Waals surface area contributed by atoms with Crippen LogP contribution in [0.15, 0.2) is 65.3 Å². The van der Waals surface area contributed by atoms with Gasteiger partial charge in [-0.1, -0.05) is 30.3 Å². The predicted octanol–water partition coefficient (Wildman–Crippen LogP) is 4.74.